The molecule has 0 atom stereocenters. The Morgan fingerprint density at radius 1 is 0.950 bits per heavy atom. The SMILES string of the molecule is CNCc1ccc(CN2CCC3(CCCC3)CC2)cc1. The minimum atomic E-state index is 0.743. The molecule has 0 radical (unpaired) electrons. The first-order valence-electron chi connectivity index (χ1n) is 8.24. The number of nitrogens with zero attached hydrogens (tertiary/aromatic N) is 1. The van der Waals surface area contributed by atoms with Crippen molar-refractivity contribution in [1.29, 1.82) is 0 Å². The highest BCUT2D eigenvalue weighted by molar-refractivity contribution is 5.22. The summed E-state index contributed by atoms with van der Waals surface area (Å²) >= 11 is 0. The van der Waals surface area contributed by atoms with Gasteiger partial charge in [-0.2, -0.15) is 0 Å². The van der Waals surface area contributed by atoms with Crippen LogP contribution in [0.15, 0.2) is 24.3 Å². The summed E-state index contributed by atoms with van der Waals surface area (Å²) in [4.78, 5) is 2.65. The zero-order valence-electron chi connectivity index (χ0n) is 12.8. The highest BCUT2D eigenvalue weighted by Crippen LogP contribution is 2.46. The van der Waals surface area contributed by atoms with E-state index in [0.29, 0.717) is 0 Å². The Balaban J connectivity index is 1.51. The molecule has 1 saturated carbocycles. The largest absolute Gasteiger partial charge is 0.316 e. The molecule has 1 heterocycles. The van der Waals surface area contributed by atoms with E-state index in [1.807, 2.05) is 7.05 Å². The molecule has 0 unspecified atom stereocenters. The quantitative estimate of drug-likeness (QED) is 0.901. The summed E-state index contributed by atoms with van der Waals surface area (Å²) in [6, 6.07) is 9.11. The molecular formula is C18H28N2. The van der Waals surface area contributed by atoms with E-state index in [0.717, 1.165) is 18.5 Å². The van der Waals surface area contributed by atoms with Crippen molar-refractivity contribution in [2.24, 2.45) is 5.41 Å². The molecule has 1 spiro atoms. The predicted molar refractivity (Wildman–Crippen MR) is 84.6 cm³/mol. The van der Waals surface area contributed by atoms with E-state index in [9.17, 15) is 0 Å². The van der Waals surface area contributed by atoms with Crippen molar-refractivity contribution in [2.75, 3.05) is 20.1 Å². The topological polar surface area (TPSA) is 15.3 Å². The van der Waals surface area contributed by atoms with Gasteiger partial charge < -0.3 is 5.32 Å². The molecule has 1 aromatic rings. The molecule has 1 saturated heterocycles. The molecule has 1 N–H and O–H groups in total. The third kappa shape index (κ3) is 3.24. The Bertz CT molecular complexity index is 408. The van der Waals surface area contributed by atoms with Gasteiger partial charge in [-0.15, -0.1) is 0 Å². The molecule has 0 bridgehead atoms. The zero-order valence-corrected chi connectivity index (χ0v) is 12.8. The van der Waals surface area contributed by atoms with Crippen LogP contribution in [0, 0.1) is 5.41 Å². The minimum Gasteiger partial charge on any atom is -0.316 e. The fourth-order valence-electron chi connectivity index (χ4n) is 4.04. The number of hydrogen-bond donors (Lipinski definition) is 1. The third-order valence-corrected chi connectivity index (χ3v) is 5.39. The fourth-order valence-corrected chi connectivity index (χ4v) is 4.04. The Labute approximate surface area is 123 Å². The smallest absolute Gasteiger partial charge is 0.0233 e. The van der Waals surface area contributed by atoms with Crippen LogP contribution in [-0.4, -0.2) is 25.0 Å². The molecular weight excluding hydrogens is 244 g/mol. The Kier molecular flexibility index (Phi) is 4.42. The first-order valence-corrected chi connectivity index (χ1v) is 8.24. The number of nitrogens with one attached hydrogen (secondary N) is 1. The minimum absolute atomic E-state index is 0.743. The van der Waals surface area contributed by atoms with Gasteiger partial charge in [-0.05, 0) is 62.4 Å². The van der Waals surface area contributed by atoms with Crippen LogP contribution >= 0.6 is 0 Å². The lowest BCUT2D eigenvalue weighted by Gasteiger charge is -2.39. The predicted octanol–water partition coefficient (Wildman–Crippen LogP) is 3.56. The van der Waals surface area contributed by atoms with Gasteiger partial charge in [0.2, 0.25) is 0 Å². The highest BCUT2D eigenvalue weighted by Gasteiger charge is 2.36. The first-order chi connectivity index (χ1) is 9.80. The molecule has 2 aliphatic rings. The van der Waals surface area contributed by atoms with Gasteiger partial charge in [0, 0.05) is 13.1 Å². The Morgan fingerprint density at radius 3 is 2.15 bits per heavy atom. The molecule has 0 amide bonds. The van der Waals surface area contributed by atoms with Gasteiger partial charge in [0.25, 0.3) is 0 Å². The maximum absolute atomic E-state index is 3.20. The van der Waals surface area contributed by atoms with Crippen LogP contribution in [-0.2, 0) is 13.1 Å². The van der Waals surface area contributed by atoms with E-state index in [1.165, 1.54) is 62.7 Å². The van der Waals surface area contributed by atoms with Gasteiger partial charge >= 0.3 is 0 Å². The van der Waals surface area contributed by atoms with Crippen molar-refractivity contribution in [3.8, 4) is 0 Å². The summed E-state index contributed by atoms with van der Waals surface area (Å²) < 4.78 is 0. The second-order valence-corrected chi connectivity index (χ2v) is 6.83. The van der Waals surface area contributed by atoms with E-state index in [2.05, 4.69) is 34.5 Å². The van der Waals surface area contributed by atoms with Crippen LogP contribution in [0.3, 0.4) is 0 Å². The van der Waals surface area contributed by atoms with Crippen molar-refractivity contribution >= 4 is 0 Å². The lowest BCUT2D eigenvalue weighted by molar-refractivity contribution is 0.103. The summed E-state index contributed by atoms with van der Waals surface area (Å²) in [6.45, 7) is 4.71. The van der Waals surface area contributed by atoms with Crippen molar-refractivity contribution in [3.63, 3.8) is 0 Å². The second kappa shape index (κ2) is 6.28. The average molecular weight is 272 g/mol. The maximum Gasteiger partial charge on any atom is 0.0233 e. The molecule has 1 aliphatic heterocycles. The molecule has 2 nitrogen and oxygen atoms in total. The van der Waals surface area contributed by atoms with Crippen LogP contribution < -0.4 is 5.32 Å². The van der Waals surface area contributed by atoms with Crippen molar-refractivity contribution < 1.29 is 0 Å². The monoisotopic (exact) mass is 272 g/mol. The van der Waals surface area contributed by atoms with Crippen LogP contribution in [0.1, 0.15) is 49.7 Å². The first kappa shape index (κ1) is 14.1. The van der Waals surface area contributed by atoms with Crippen LogP contribution in [0.25, 0.3) is 0 Å². The number of piperidine rings is 1. The summed E-state index contributed by atoms with van der Waals surface area (Å²) in [5.41, 5.74) is 3.58. The number of likely N-dealkylation sites (tertiary alicyclic amines) is 1. The summed E-state index contributed by atoms with van der Waals surface area (Å²) in [5, 5.41) is 3.20. The van der Waals surface area contributed by atoms with Crippen LogP contribution in [0.2, 0.25) is 0 Å². The van der Waals surface area contributed by atoms with Gasteiger partial charge in [-0.1, -0.05) is 37.1 Å². The van der Waals surface area contributed by atoms with Gasteiger partial charge in [-0.3, -0.25) is 4.90 Å². The van der Waals surface area contributed by atoms with E-state index in [1.54, 1.807) is 0 Å². The van der Waals surface area contributed by atoms with Crippen LogP contribution in [0.4, 0.5) is 0 Å². The van der Waals surface area contributed by atoms with E-state index >= 15 is 0 Å². The van der Waals surface area contributed by atoms with Gasteiger partial charge in [0.05, 0.1) is 0 Å². The van der Waals surface area contributed by atoms with Crippen molar-refractivity contribution in [3.05, 3.63) is 35.4 Å². The molecule has 2 heteroatoms. The van der Waals surface area contributed by atoms with Gasteiger partial charge in [0.1, 0.15) is 0 Å². The Hall–Kier alpha value is -0.860. The lowest BCUT2D eigenvalue weighted by Crippen LogP contribution is -2.38. The lowest BCUT2D eigenvalue weighted by atomic mass is 9.77. The summed E-state index contributed by atoms with van der Waals surface area (Å²) in [6.07, 6.45) is 8.83. The van der Waals surface area contributed by atoms with Crippen molar-refractivity contribution in [1.82, 2.24) is 10.2 Å². The second-order valence-electron chi connectivity index (χ2n) is 6.83. The third-order valence-electron chi connectivity index (χ3n) is 5.39. The molecule has 110 valence electrons. The van der Waals surface area contributed by atoms with E-state index in [-0.39, 0.29) is 0 Å². The van der Waals surface area contributed by atoms with Crippen molar-refractivity contribution in [2.45, 2.75) is 51.6 Å². The molecule has 20 heavy (non-hydrogen) atoms. The number of benzene rings is 1. The highest BCUT2D eigenvalue weighted by atomic mass is 15.1. The molecule has 1 aromatic carbocycles. The standard InChI is InChI=1S/C18H28N2/c1-19-14-16-4-6-17(7-5-16)15-20-12-10-18(11-13-20)8-2-3-9-18/h4-7,19H,2-3,8-15H2,1H3. The van der Waals surface area contributed by atoms with E-state index < -0.39 is 0 Å². The Morgan fingerprint density at radius 2 is 1.55 bits per heavy atom. The molecule has 3 rings (SSSR count). The molecule has 0 aromatic heterocycles. The summed E-state index contributed by atoms with van der Waals surface area (Å²) in [7, 11) is 2.00. The zero-order chi connectivity index (χ0) is 13.8. The molecule has 2 fully saturated rings. The normalized spacial score (nSPS) is 22.4. The number of hydrogen-bond acceptors (Lipinski definition) is 2. The fraction of sp³-hybridized carbons (Fsp3) is 0.667. The summed E-state index contributed by atoms with van der Waals surface area (Å²) in [5.74, 6) is 0. The van der Waals surface area contributed by atoms with E-state index in [4.69, 9.17) is 0 Å². The van der Waals surface area contributed by atoms with Crippen LogP contribution in [0.5, 0.6) is 0 Å². The molecule has 1 aliphatic carbocycles. The number of rotatable bonds is 4. The maximum atomic E-state index is 3.20. The van der Waals surface area contributed by atoms with Gasteiger partial charge in [0.15, 0.2) is 0 Å². The average Bonchev–Trinajstić information content (AvgIpc) is 2.93. The van der Waals surface area contributed by atoms with Gasteiger partial charge in [-0.25, -0.2) is 0 Å².